The summed E-state index contributed by atoms with van der Waals surface area (Å²) in [5, 5.41) is 17.7. The van der Waals surface area contributed by atoms with E-state index in [4.69, 9.17) is 10.2 Å². The van der Waals surface area contributed by atoms with Crippen LogP contribution in [0.1, 0.15) is 46.0 Å². The van der Waals surface area contributed by atoms with Gasteiger partial charge in [-0.2, -0.15) is 0 Å². The summed E-state index contributed by atoms with van der Waals surface area (Å²) < 4.78 is 0. The average Bonchev–Trinajstić information content (AvgIpc) is 2.22. The summed E-state index contributed by atoms with van der Waals surface area (Å²) in [6.45, 7) is 3.72. The smallest absolute Gasteiger partial charge is 0.163 e. The molecule has 0 amide bonds. The number of aliphatic hydroxyl groups excluding tert-OH is 2. The Morgan fingerprint density at radius 3 is 2.43 bits per heavy atom. The molecule has 0 heterocycles. The number of carbonyl (C=O) groups excluding carboxylic acids is 1. The van der Waals surface area contributed by atoms with Gasteiger partial charge in [0.15, 0.2) is 5.78 Å². The van der Waals surface area contributed by atoms with Crippen LogP contribution in [0.25, 0.3) is 0 Å². The van der Waals surface area contributed by atoms with Crippen molar-refractivity contribution in [2.45, 2.75) is 52.1 Å². The van der Waals surface area contributed by atoms with Gasteiger partial charge in [0.2, 0.25) is 0 Å². The van der Waals surface area contributed by atoms with Gasteiger partial charge in [-0.25, -0.2) is 0 Å². The lowest BCUT2D eigenvalue weighted by Crippen LogP contribution is -2.26. The molecule has 0 aliphatic heterocycles. The normalized spacial score (nSPS) is 15.1. The molecule has 0 saturated carbocycles. The topological polar surface area (TPSA) is 57.5 Å². The number of aliphatic hydroxyl groups is 2. The van der Waals surface area contributed by atoms with E-state index >= 15 is 0 Å². The zero-order chi connectivity index (χ0) is 11.0. The minimum atomic E-state index is -1.18. The molecule has 3 nitrogen and oxygen atoms in total. The summed E-state index contributed by atoms with van der Waals surface area (Å²) in [6, 6.07) is 0. The first kappa shape index (κ1) is 13.6. The maximum atomic E-state index is 11.3. The fourth-order valence-corrected chi connectivity index (χ4v) is 1.47. The maximum Gasteiger partial charge on any atom is 0.163 e. The molecule has 2 N–H and O–H groups in total. The molecule has 2 unspecified atom stereocenters. The average molecular weight is 202 g/mol. The molecule has 0 radical (unpaired) electrons. The molecule has 3 heteroatoms. The predicted molar refractivity (Wildman–Crippen MR) is 56.0 cm³/mol. The third kappa shape index (κ3) is 5.35. The highest BCUT2D eigenvalue weighted by molar-refractivity contribution is 5.83. The van der Waals surface area contributed by atoms with Gasteiger partial charge in [-0.15, -0.1) is 0 Å². The first-order valence-electron chi connectivity index (χ1n) is 5.47. The van der Waals surface area contributed by atoms with Crippen LogP contribution in [0.4, 0.5) is 0 Å². The van der Waals surface area contributed by atoms with Crippen molar-refractivity contribution in [1.82, 2.24) is 0 Å². The van der Waals surface area contributed by atoms with Crippen LogP contribution in [-0.4, -0.2) is 28.7 Å². The van der Waals surface area contributed by atoms with E-state index in [-0.39, 0.29) is 5.78 Å². The van der Waals surface area contributed by atoms with Crippen molar-refractivity contribution in [2.24, 2.45) is 5.92 Å². The van der Waals surface area contributed by atoms with E-state index in [9.17, 15) is 4.79 Å². The Morgan fingerprint density at radius 1 is 1.36 bits per heavy atom. The van der Waals surface area contributed by atoms with Crippen molar-refractivity contribution in [3.63, 3.8) is 0 Å². The number of Topliss-reactive ketones (excluding diaryl/α,β-unsaturated/α-hetero) is 1. The van der Waals surface area contributed by atoms with E-state index in [0.29, 0.717) is 12.3 Å². The number of hydrogen-bond acceptors (Lipinski definition) is 3. The highest BCUT2D eigenvalue weighted by atomic mass is 16.3. The molecule has 14 heavy (non-hydrogen) atoms. The van der Waals surface area contributed by atoms with E-state index in [1.165, 1.54) is 0 Å². The second-order valence-corrected chi connectivity index (χ2v) is 3.79. The molecule has 0 aromatic heterocycles. The standard InChI is InChI=1S/C11H22O3/c1-3-5-6-9(4-2)7-10(13)11(14)8-12/h9,11-12,14H,3-8H2,1-2H3. The molecule has 84 valence electrons. The van der Waals surface area contributed by atoms with Gasteiger partial charge in [0.25, 0.3) is 0 Å². The second kappa shape index (κ2) is 7.94. The first-order valence-corrected chi connectivity index (χ1v) is 5.47. The number of carbonyl (C=O) groups is 1. The first-order chi connectivity index (χ1) is 6.65. The lowest BCUT2D eigenvalue weighted by atomic mass is 9.92. The van der Waals surface area contributed by atoms with Crippen molar-refractivity contribution in [3.8, 4) is 0 Å². The minimum Gasteiger partial charge on any atom is -0.393 e. The van der Waals surface area contributed by atoms with Crippen LogP contribution < -0.4 is 0 Å². The summed E-state index contributed by atoms with van der Waals surface area (Å²) in [5.74, 6) is 0.138. The van der Waals surface area contributed by atoms with Crippen LogP contribution in [-0.2, 0) is 4.79 Å². The maximum absolute atomic E-state index is 11.3. The molecule has 0 fully saturated rings. The summed E-state index contributed by atoms with van der Waals surface area (Å²) in [5.41, 5.74) is 0. The van der Waals surface area contributed by atoms with E-state index < -0.39 is 12.7 Å². The molecule has 0 aromatic carbocycles. The number of unbranched alkanes of at least 4 members (excludes halogenated alkanes) is 1. The van der Waals surface area contributed by atoms with E-state index in [1.807, 2.05) is 0 Å². The van der Waals surface area contributed by atoms with Gasteiger partial charge in [0.1, 0.15) is 6.10 Å². The summed E-state index contributed by atoms with van der Waals surface area (Å²) >= 11 is 0. The summed E-state index contributed by atoms with van der Waals surface area (Å²) in [6.07, 6.45) is 3.48. The minimum absolute atomic E-state index is 0.226. The Hall–Kier alpha value is -0.410. The quantitative estimate of drug-likeness (QED) is 0.627. The molecule has 0 bridgehead atoms. The van der Waals surface area contributed by atoms with Crippen LogP contribution in [0.3, 0.4) is 0 Å². The Kier molecular flexibility index (Phi) is 7.71. The van der Waals surface area contributed by atoms with Gasteiger partial charge >= 0.3 is 0 Å². The molecular weight excluding hydrogens is 180 g/mol. The fourth-order valence-electron chi connectivity index (χ4n) is 1.47. The van der Waals surface area contributed by atoms with Gasteiger partial charge in [0, 0.05) is 6.42 Å². The second-order valence-electron chi connectivity index (χ2n) is 3.79. The van der Waals surface area contributed by atoms with Gasteiger partial charge in [0.05, 0.1) is 6.61 Å². The highest BCUT2D eigenvalue weighted by Crippen LogP contribution is 2.17. The van der Waals surface area contributed by atoms with Gasteiger partial charge in [-0.3, -0.25) is 4.79 Å². The van der Waals surface area contributed by atoms with Crippen molar-refractivity contribution < 1.29 is 15.0 Å². The Bertz CT molecular complexity index is 157. The Balaban J connectivity index is 3.85. The Morgan fingerprint density at radius 2 is 2.00 bits per heavy atom. The lowest BCUT2D eigenvalue weighted by molar-refractivity contribution is -0.130. The largest absolute Gasteiger partial charge is 0.393 e. The molecular formula is C11H22O3. The molecule has 0 aliphatic carbocycles. The van der Waals surface area contributed by atoms with Crippen LogP contribution in [0, 0.1) is 5.92 Å². The van der Waals surface area contributed by atoms with Gasteiger partial charge < -0.3 is 10.2 Å². The van der Waals surface area contributed by atoms with Crippen molar-refractivity contribution in [2.75, 3.05) is 6.61 Å². The van der Waals surface area contributed by atoms with Crippen LogP contribution in [0.15, 0.2) is 0 Å². The predicted octanol–water partition coefficient (Wildman–Crippen LogP) is 1.52. The van der Waals surface area contributed by atoms with Gasteiger partial charge in [-0.1, -0.05) is 39.5 Å². The van der Waals surface area contributed by atoms with Crippen molar-refractivity contribution >= 4 is 5.78 Å². The van der Waals surface area contributed by atoms with Gasteiger partial charge in [-0.05, 0) is 5.92 Å². The summed E-state index contributed by atoms with van der Waals surface area (Å²) in [4.78, 5) is 11.3. The third-order valence-corrected chi connectivity index (χ3v) is 2.58. The van der Waals surface area contributed by atoms with E-state index in [1.54, 1.807) is 0 Å². The Labute approximate surface area is 86.1 Å². The lowest BCUT2D eigenvalue weighted by Gasteiger charge is -2.14. The fraction of sp³-hybridized carbons (Fsp3) is 0.909. The molecule has 0 saturated heterocycles. The zero-order valence-corrected chi connectivity index (χ0v) is 9.20. The SMILES string of the molecule is CCCCC(CC)CC(=O)C(O)CO. The third-order valence-electron chi connectivity index (χ3n) is 2.58. The zero-order valence-electron chi connectivity index (χ0n) is 9.20. The van der Waals surface area contributed by atoms with Crippen LogP contribution in [0.2, 0.25) is 0 Å². The number of rotatable bonds is 8. The number of hydrogen-bond donors (Lipinski definition) is 2. The van der Waals surface area contributed by atoms with Crippen molar-refractivity contribution in [1.29, 1.82) is 0 Å². The van der Waals surface area contributed by atoms with Crippen LogP contribution >= 0.6 is 0 Å². The molecule has 0 spiro atoms. The van der Waals surface area contributed by atoms with E-state index in [2.05, 4.69) is 13.8 Å². The highest BCUT2D eigenvalue weighted by Gasteiger charge is 2.17. The van der Waals surface area contributed by atoms with Crippen LogP contribution in [0.5, 0.6) is 0 Å². The summed E-state index contributed by atoms with van der Waals surface area (Å²) in [7, 11) is 0. The monoisotopic (exact) mass is 202 g/mol. The number of ketones is 1. The van der Waals surface area contributed by atoms with E-state index in [0.717, 1.165) is 25.7 Å². The molecule has 2 atom stereocenters. The molecule has 0 aromatic rings. The van der Waals surface area contributed by atoms with Crippen molar-refractivity contribution in [3.05, 3.63) is 0 Å². The molecule has 0 rings (SSSR count). The molecule has 0 aliphatic rings.